The zero-order valence-electron chi connectivity index (χ0n) is 8.04. The molecule has 0 aliphatic heterocycles. The first kappa shape index (κ1) is 14.0. The Morgan fingerprint density at radius 3 is 1.75 bits per heavy atom. The number of benzene rings is 1. The van der Waals surface area contributed by atoms with Crippen molar-refractivity contribution in [3.63, 3.8) is 0 Å². The van der Waals surface area contributed by atoms with Gasteiger partial charge in [-0.05, 0) is 12.1 Å². The van der Waals surface area contributed by atoms with E-state index in [1.165, 1.54) is 0 Å². The van der Waals surface area contributed by atoms with E-state index in [1.54, 1.807) is 0 Å². The number of nitrogens with one attached hydrogen (secondary N) is 1. The Bertz CT molecular complexity index is 163. The van der Waals surface area contributed by atoms with E-state index in [9.17, 15) is 0 Å². The Morgan fingerprint density at radius 1 is 1.08 bits per heavy atom. The molecule has 1 nitrogen and oxygen atoms in total. The Morgan fingerprint density at radius 2 is 1.50 bits per heavy atom. The minimum absolute atomic E-state index is 1.16. The van der Waals surface area contributed by atoms with Gasteiger partial charge in [-0.3, -0.25) is 0 Å². The maximum absolute atomic E-state index is 3.19. The number of rotatable bonds is 1. The second-order valence-corrected chi connectivity index (χ2v) is 1.62. The third-order valence-corrected chi connectivity index (χ3v) is 1.06. The van der Waals surface area contributed by atoms with Crippen LogP contribution < -0.4 is 5.32 Å². The Hall–Kier alpha value is -0.526. The fourth-order valence-corrected chi connectivity index (χ4v) is 0.605. The molecule has 0 aliphatic carbocycles. The molecule has 1 N–H and O–H groups in total. The van der Waals surface area contributed by atoms with Gasteiger partial charge in [0.25, 0.3) is 0 Å². The van der Waals surface area contributed by atoms with Gasteiger partial charge in [0, 0.05) is 12.7 Å². The van der Waals surface area contributed by atoms with E-state index in [4.69, 9.17) is 0 Å². The van der Waals surface area contributed by atoms with Crippen molar-refractivity contribution < 1.29 is 17.0 Å². The Kier molecular flexibility index (Phi) is 15.3. The molecule has 0 fully saturated rings. The maximum atomic E-state index is 3.19. The van der Waals surface area contributed by atoms with Gasteiger partial charge in [0.05, 0.1) is 0 Å². The average Bonchev–Trinajstić information content (AvgIpc) is 2.25. The van der Waals surface area contributed by atoms with Gasteiger partial charge < -0.3 is 5.32 Å². The molecule has 0 spiro atoms. The van der Waals surface area contributed by atoms with E-state index in [1.807, 2.05) is 51.2 Å². The van der Waals surface area contributed by atoms with Crippen molar-refractivity contribution in [2.75, 3.05) is 12.4 Å². The van der Waals surface area contributed by atoms with E-state index in [-0.39, 0.29) is 0 Å². The Balaban J connectivity index is 0. The quantitative estimate of drug-likeness (QED) is 0.738. The van der Waals surface area contributed by atoms with Crippen LogP contribution in [0.2, 0.25) is 0 Å². The van der Waals surface area contributed by atoms with Crippen LogP contribution in [-0.2, 0) is 17.0 Å². The monoisotopic (exact) mass is 202 g/mol. The minimum atomic E-state index is 1.16. The molecular weight excluding hydrogens is 185 g/mol. The Labute approximate surface area is 84.7 Å². The van der Waals surface area contributed by atoms with Gasteiger partial charge in [-0.1, -0.05) is 32.0 Å². The van der Waals surface area contributed by atoms with Crippen molar-refractivity contribution in [2.45, 2.75) is 13.8 Å². The van der Waals surface area contributed by atoms with Crippen LogP contribution in [0.25, 0.3) is 0 Å². The molecule has 0 amide bonds. The molecule has 2 heteroatoms. The van der Waals surface area contributed by atoms with Gasteiger partial charge in [0.15, 0.2) is 0 Å². The SMILES string of the molecule is CC.CNc1ccccc1.[CH2]=[V]. The summed E-state index contributed by atoms with van der Waals surface area (Å²) in [6.45, 7) is 4.00. The number of anilines is 1. The standard InChI is InChI=1S/C7H9N.C2H6.CH2.V/c1-8-7-5-3-2-4-6-7;1-2;;/h2-6,8H,1H3;1-2H3;1H2;. The summed E-state index contributed by atoms with van der Waals surface area (Å²) < 4.78 is 0. The van der Waals surface area contributed by atoms with Crippen LogP contribution in [0.3, 0.4) is 0 Å². The average molecular weight is 202 g/mol. The normalized spacial score (nSPS) is 6.50. The van der Waals surface area contributed by atoms with Crippen LogP contribution in [0.15, 0.2) is 30.3 Å². The first-order valence-corrected chi connectivity index (χ1v) is 4.96. The van der Waals surface area contributed by atoms with Crippen molar-refractivity contribution >= 4 is 10.9 Å². The molecule has 0 aliphatic rings. The van der Waals surface area contributed by atoms with Crippen molar-refractivity contribution in [1.82, 2.24) is 0 Å². The molecule has 0 radical (unpaired) electrons. The van der Waals surface area contributed by atoms with Gasteiger partial charge in [-0.15, -0.1) is 0 Å². The van der Waals surface area contributed by atoms with Gasteiger partial charge in [-0.2, -0.15) is 0 Å². The van der Waals surface area contributed by atoms with Crippen molar-refractivity contribution in [1.29, 1.82) is 0 Å². The van der Waals surface area contributed by atoms with E-state index < -0.39 is 0 Å². The third-order valence-electron chi connectivity index (χ3n) is 1.06. The predicted octanol–water partition coefficient (Wildman–Crippen LogP) is 2.72. The molecule has 0 saturated heterocycles. The molecule has 12 heavy (non-hydrogen) atoms. The summed E-state index contributed by atoms with van der Waals surface area (Å²) in [5, 5.41) is 6.21. The summed E-state index contributed by atoms with van der Waals surface area (Å²) in [6.07, 6.45) is 0. The molecule has 1 aromatic rings. The third kappa shape index (κ3) is 7.58. The summed E-state index contributed by atoms with van der Waals surface area (Å²) in [4.78, 5) is 0. The molecule has 1 rings (SSSR count). The second-order valence-electron chi connectivity index (χ2n) is 1.62. The summed E-state index contributed by atoms with van der Waals surface area (Å²) >= 11 is 2.06. The second kappa shape index (κ2) is 13.1. The van der Waals surface area contributed by atoms with Crippen molar-refractivity contribution in [3.05, 3.63) is 30.3 Å². The first-order chi connectivity index (χ1) is 5.93. The van der Waals surface area contributed by atoms with Gasteiger partial charge in [-0.25, -0.2) is 0 Å². The molecule has 1 aromatic carbocycles. The molecule has 0 heterocycles. The van der Waals surface area contributed by atoms with Crippen molar-refractivity contribution in [3.8, 4) is 0 Å². The number of hydrogen-bond acceptors (Lipinski definition) is 1. The summed E-state index contributed by atoms with van der Waals surface area (Å²) in [5.41, 5.74) is 1.16. The van der Waals surface area contributed by atoms with E-state index in [2.05, 4.69) is 27.5 Å². The fraction of sp³-hybridized carbons (Fsp3) is 0.300. The molecular formula is C10H17NV. The number of hydrogen-bond donors (Lipinski definition) is 1. The molecule has 67 valence electrons. The van der Waals surface area contributed by atoms with E-state index >= 15 is 0 Å². The summed E-state index contributed by atoms with van der Waals surface area (Å²) in [6, 6.07) is 10.1. The zero-order valence-corrected chi connectivity index (χ0v) is 9.44. The van der Waals surface area contributed by atoms with Crippen LogP contribution in [0, 0.1) is 0 Å². The van der Waals surface area contributed by atoms with Crippen LogP contribution in [-0.4, -0.2) is 12.3 Å². The van der Waals surface area contributed by atoms with Gasteiger partial charge in [0.2, 0.25) is 0 Å². The fourth-order valence-electron chi connectivity index (χ4n) is 0.605. The van der Waals surface area contributed by atoms with E-state index in [0.717, 1.165) is 5.69 Å². The first-order valence-electron chi connectivity index (χ1n) is 3.98. The molecule has 0 atom stereocenters. The molecule has 0 aromatic heterocycles. The van der Waals surface area contributed by atoms with Crippen LogP contribution >= 0.6 is 0 Å². The van der Waals surface area contributed by atoms with Crippen LogP contribution in [0.4, 0.5) is 5.69 Å². The predicted molar refractivity (Wildman–Crippen MR) is 54.5 cm³/mol. The summed E-state index contributed by atoms with van der Waals surface area (Å²) in [7, 11) is 1.91. The van der Waals surface area contributed by atoms with E-state index in [0.29, 0.717) is 0 Å². The topological polar surface area (TPSA) is 12.0 Å². The molecule has 0 saturated carbocycles. The van der Waals surface area contributed by atoms with Crippen LogP contribution in [0.1, 0.15) is 13.8 Å². The van der Waals surface area contributed by atoms with Gasteiger partial charge in [0.1, 0.15) is 0 Å². The zero-order chi connectivity index (χ0) is 9.82. The number of para-hydroxylation sites is 1. The molecule has 0 unspecified atom stereocenters. The van der Waals surface area contributed by atoms with Crippen molar-refractivity contribution in [2.24, 2.45) is 0 Å². The van der Waals surface area contributed by atoms with Crippen LogP contribution in [0.5, 0.6) is 0 Å². The summed E-state index contributed by atoms with van der Waals surface area (Å²) in [5.74, 6) is 0. The molecule has 0 bridgehead atoms. The van der Waals surface area contributed by atoms with Gasteiger partial charge >= 0.3 is 22.2 Å².